The van der Waals surface area contributed by atoms with Crippen molar-refractivity contribution in [3.8, 4) is 0 Å². The average molecular weight is 638 g/mol. The number of hydrazone groups is 1. The second-order valence-electron chi connectivity index (χ2n) is 9.69. The van der Waals surface area contributed by atoms with Gasteiger partial charge in [-0.25, -0.2) is 9.69 Å². The van der Waals surface area contributed by atoms with Gasteiger partial charge >= 0.3 is 24.2 Å². The van der Waals surface area contributed by atoms with Crippen molar-refractivity contribution < 1.29 is 45.5 Å². The maximum Gasteiger partial charge on any atom is 0.417 e. The Morgan fingerprint density at radius 1 is 1.07 bits per heavy atom. The molecule has 1 aliphatic rings. The Morgan fingerprint density at radius 3 is 2.24 bits per heavy atom. The van der Waals surface area contributed by atoms with Crippen LogP contribution in [0.3, 0.4) is 0 Å². The zero-order chi connectivity index (χ0) is 31.5. The summed E-state index contributed by atoms with van der Waals surface area (Å²) in [5.74, 6) is -3.06. The molecular formula is C27H26ClF6N3O4S. The molecule has 15 heteroatoms. The number of hydrogen-bond acceptors (Lipinski definition) is 7. The van der Waals surface area contributed by atoms with E-state index in [4.69, 9.17) is 11.6 Å². The summed E-state index contributed by atoms with van der Waals surface area (Å²) in [7, 11) is 0.905. The number of imide groups is 1. The number of thioether (sulfide) groups is 1. The van der Waals surface area contributed by atoms with Crippen LogP contribution in [0.2, 0.25) is 5.02 Å². The molecule has 0 saturated heterocycles. The number of esters is 1. The molecule has 0 aliphatic carbocycles. The normalized spacial score (nSPS) is 17.2. The summed E-state index contributed by atoms with van der Waals surface area (Å²) in [6.07, 6.45) is -6.17. The van der Waals surface area contributed by atoms with Gasteiger partial charge in [0.2, 0.25) is 0 Å². The average Bonchev–Trinajstić information content (AvgIpc) is 3.22. The minimum absolute atomic E-state index is 0.119. The summed E-state index contributed by atoms with van der Waals surface area (Å²) in [6.45, 7) is 1.36. The molecule has 7 nitrogen and oxygen atoms in total. The molecule has 42 heavy (non-hydrogen) atoms. The predicted molar refractivity (Wildman–Crippen MR) is 146 cm³/mol. The molecule has 0 bridgehead atoms. The highest BCUT2D eigenvalue weighted by molar-refractivity contribution is 7.98. The molecule has 1 aliphatic heterocycles. The third-order valence-corrected chi connectivity index (χ3v) is 7.56. The van der Waals surface area contributed by atoms with Gasteiger partial charge in [0.05, 0.1) is 34.7 Å². The van der Waals surface area contributed by atoms with E-state index in [0.29, 0.717) is 41.1 Å². The van der Waals surface area contributed by atoms with E-state index in [0.717, 1.165) is 37.1 Å². The van der Waals surface area contributed by atoms with E-state index in [1.807, 2.05) is 13.2 Å². The first-order chi connectivity index (χ1) is 19.5. The lowest BCUT2D eigenvalue weighted by Gasteiger charge is -2.28. The van der Waals surface area contributed by atoms with E-state index in [2.05, 4.69) is 9.84 Å². The standard InChI is InChI=1S/C27H26ClF6N3O4S/c1-25(11-4-12-42-3)15-36(35-22(25)16-5-10-19(20(28)13-16)27(32,33)34)14-21(38)37(23(39)24(40)41-2)18-8-6-17(7-9-18)26(29,30)31/h5-10,13H,4,11-12,14-15H2,1-3H3. The zero-order valence-electron chi connectivity index (χ0n) is 22.6. The van der Waals surface area contributed by atoms with Gasteiger partial charge in [-0.2, -0.15) is 43.2 Å². The van der Waals surface area contributed by atoms with Gasteiger partial charge in [0.1, 0.15) is 6.54 Å². The van der Waals surface area contributed by atoms with E-state index in [-0.39, 0.29) is 12.2 Å². The van der Waals surface area contributed by atoms with E-state index in [9.17, 15) is 40.7 Å². The van der Waals surface area contributed by atoms with Gasteiger partial charge in [-0.1, -0.05) is 24.6 Å². The maximum absolute atomic E-state index is 13.4. The second kappa shape index (κ2) is 12.9. The Labute approximate surface area is 246 Å². The van der Waals surface area contributed by atoms with Crippen molar-refractivity contribution in [1.82, 2.24) is 5.01 Å². The highest BCUT2D eigenvalue weighted by atomic mass is 35.5. The molecule has 1 atom stereocenters. The van der Waals surface area contributed by atoms with Crippen molar-refractivity contribution in [2.24, 2.45) is 10.5 Å². The van der Waals surface area contributed by atoms with Crippen LogP contribution < -0.4 is 4.90 Å². The van der Waals surface area contributed by atoms with Crippen LogP contribution in [0.4, 0.5) is 32.0 Å². The number of amides is 2. The lowest BCUT2D eigenvalue weighted by molar-refractivity contribution is -0.152. The Kier molecular flexibility index (Phi) is 10.2. The van der Waals surface area contributed by atoms with Crippen molar-refractivity contribution in [3.05, 3.63) is 64.2 Å². The maximum atomic E-state index is 13.4. The minimum Gasteiger partial charge on any atom is -0.462 e. The molecule has 0 saturated carbocycles. The fourth-order valence-corrected chi connectivity index (χ4v) is 5.27. The zero-order valence-corrected chi connectivity index (χ0v) is 24.2. The third-order valence-electron chi connectivity index (χ3n) is 6.55. The molecule has 3 rings (SSSR count). The number of alkyl halides is 6. The van der Waals surface area contributed by atoms with Gasteiger partial charge in [0, 0.05) is 12.0 Å². The van der Waals surface area contributed by atoms with Crippen LogP contribution in [0, 0.1) is 5.41 Å². The minimum atomic E-state index is -4.68. The van der Waals surface area contributed by atoms with Crippen LogP contribution in [0.5, 0.6) is 0 Å². The van der Waals surface area contributed by atoms with Crippen molar-refractivity contribution in [1.29, 1.82) is 0 Å². The third kappa shape index (κ3) is 7.57. The second-order valence-corrected chi connectivity index (χ2v) is 11.1. The first-order valence-corrected chi connectivity index (χ1v) is 14.1. The number of rotatable bonds is 8. The highest BCUT2D eigenvalue weighted by Crippen LogP contribution is 2.40. The van der Waals surface area contributed by atoms with E-state index >= 15 is 0 Å². The Morgan fingerprint density at radius 2 is 1.71 bits per heavy atom. The summed E-state index contributed by atoms with van der Waals surface area (Å²) in [5, 5.41) is 5.26. The first-order valence-electron chi connectivity index (χ1n) is 12.3. The number of hydrogen-bond donors (Lipinski definition) is 0. The number of carbonyl (C=O) groups excluding carboxylic acids is 3. The summed E-state index contributed by atoms with van der Waals surface area (Å²) in [4.78, 5) is 38.6. The van der Waals surface area contributed by atoms with E-state index in [1.165, 1.54) is 11.1 Å². The number of ether oxygens (including phenoxy) is 1. The van der Waals surface area contributed by atoms with Crippen LogP contribution in [0.1, 0.15) is 36.5 Å². The molecule has 1 unspecified atom stereocenters. The van der Waals surface area contributed by atoms with E-state index < -0.39 is 58.2 Å². The fraction of sp³-hybridized carbons (Fsp3) is 0.407. The molecular weight excluding hydrogens is 612 g/mol. The van der Waals surface area contributed by atoms with Crippen LogP contribution in [0.25, 0.3) is 0 Å². The summed E-state index contributed by atoms with van der Waals surface area (Å²) >= 11 is 7.55. The SMILES string of the molecule is COC(=O)C(=O)N(C(=O)CN1CC(C)(CCCSC)C(c2ccc(C(F)(F)F)c(Cl)c2)=N1)c1ccc(C(F)(F)F)cc1. The summed E-state index contributed by atoms with van der Waals surface area (Å²) in [6, 6.07) is 6.29. The van der Waals surface area contributed by atoms with Crippen molar-refractivity contribution in [2.75, 3.05) is 37.1 Å². The number of methoxy groups -OCH3 is 1. The van der Waals surface area contributed by atoms with Crippen LogP contribution in [-0.2, 0) is 31.5 Å². The van der Waals surface area contributed by atoms with Gasteiger partial charge < -0.3 is 4.74 Å². The van der Waals surface area contributed by atoms with Gasteiger partial charge in [0.25, 0.3) is 5.91 Å². The van der Waals surface area contributed by atoms with Crippen molar-refractivity contribution in [2.45, 2.75) is 32.1 Å². The monoisotopic (exact) mass is 637 g/mol. The number of nitrogens with zero attached hydrogens (tertiary/aromatic N) is 3. The number of carbonyl (C=O) groups is 3. The number of anilines is 1. The smallest absolute Gasteiger partial charge is 0.417 e. The quantitative estimate of drug-likeness (QED) is 0.147. The predicted octanol–water partition coefficient (Wildman–Crippen LogP) is 6.28. The van der Waals surface area contributed by atoms with Gasteiger partial charge in [-0.15, -0.1) is 0 Å². The first kappa shape index (κ1) is 33.2. The summed E-state index contributed by atoms with van der Waals surface area (Å²) in [5.41, 5.74) is -2.42. The number of halogens is 7. The van der Waals surface area contributed by atoms with Crippen molar-refractivity contribution in [3.63, 3.8) is 0 Å². The molecule has 228 valence electrons. The molecule has 1 heterocycles. The lowest BCUT2D eigenvalue weighted by atomic mass is 9.78. The molecule has 0 fully saturated rings. The van der Waals surface area contributed by atoms with Gasteiger partial charge in [0.15, 0.2) is 0 Å². The van der Waals surface area contributed by atoms with Gasteiger partial charge in [-0.05, 0) is 66.8 Å². The molecule has 2 aromatic carbocycles. The molecule has 2 aromatic rings. The van der Waals surface area contributed by atoms with Gasteiger partial charge in [-0.3, -0.25) is 14.6 Å². The molecule has 0 spiro atoms. The molecule has 2 amide bonds. The Hall–Kier alpha value is -3.26. The lowest BCUT2D eigenvalue weighted by Crippen LogP contribution is -2.46. The largest absolute Gasteiger partial charge is 0.462 e. The highest BCUT2D eigenvalue weighted by Gasteiger charge is 2.42. The van der Waals surface area contributed by atoms with Crippen LogP contribution in [0.15, 0.2) is 47.6 Å². The van der Waals surface area contributed by atoms with E-state index in [1.54, 1.807) is 11.8 Å². The molecule has 0 aromatic heterocycles. The van der Waals surface area contributed by atoms with Crippen LogP contribution >= 0.6 is 23.4 Å². The fourth-order valence-electron chi connectivity index (χ4n) is 4.55. The topological polar surface area (TPSA) is 79.3 Å². The summed E-state index contributed by atoms with van der Waals surface area (Å²) < 4.78 is 83.4. The van der Waals surface area contributed by atoms with Crippen molar-refractivity contribution >= 4 is 52.5 Å². The Balaban J connectivity index is 1.97. The number of benzene rings is 2. The molecule has 0 radical (unpaired) electrons. The van der Waals surface area contributed by atoms with Crippen LogP contribution in [-0.4, -0.2) is 60.7 Å². The Bertz CT molecular complexity index is 1370. The molecule has 0 N–H and O–H groups in total.